The highest BCUT2D eigenvalue weighted by molar-refractivity contribution is 5.98. The van der Waals surface area contributed by atoms with Crippen LogP contribution in [0.15, 0.2) is 53.7 Å². The standard InChI is InChI=1S/C13H11FN2O/c1-10(11-6-3-2-4-7-11)16-17-13-9-5-8-12(14)15-13/h2-9H,1H3. The summed E-state index contributed by atoms with van der Waals surface area (Å²) < 4.78 is 12.8. The summed E-state index contributed by atoms with van der Waals surface area (Å²) in [6, 6.07) is 13.9. The Bertz CT molecular complexity index is 526. The van der Waals surface area contributed by atoms with Gasteiger partial charge in [-0.05, 0) is 18.6 Å². The van der Waals surface area contributed by atoms with Gasteiger partial charge in [0.05, 0.1) is 5.71 Å². The van der Waals surface area contributed by atoms with Gasteiger partial charge in [-0.25, -0.2) is 0 Å². The largest absolute Gasteiger partial charge is 0.336 e. The molecule has 2 rings (SSSR count). The molecule has 17 heavy (non-hydrogen) atoms. The number of pyridine rings is 1. The van der Waals surface area contributed by atoms with E-state index in [9.17, 15) is 4.39 Å². The van der Waals surface area contributed by atoms with E-state index in [0.29, 0.717) is 5.71 Å². The molecular formula is C13H11FN2O. The highest BCUT2D eigenvalue weighted by Gasteiger charge is 1.99. The van der Waals surface area contributed by atoms with Gasteiger partial charge in [0.2, 0.25) is 5.95 Å². The zero-order valence-electron chi connectivity index (χ0n) is 9.30. The Morgan fingerprint density at radius 1 is 1.12 bits per heavy atom. The molecule has 0 bridgehead atoms. The highest BCUT2D eigenvalue weighted by Crippen LogP contribution is 2.08. The van der Waals surface area contributed by atoms with Crippen LogP contribution in [0, 0.1) is 5.95 Å². The van der Waals surface area contributed by atoms with Gasteiger partial charge >= 0.3 is 0 Å². The smallest absolute Gasteiger partial charge is 0.251 e. The van der Waals surface area contributed by atoms with Gasteiger partial charge in [-0.3, -0.25) is 0 Å². The first kappa shape index (κ1) is 11.3. The summed E-state index contributed by atoms with van der Waals surface area (Å²) in [6.07, 6.45) is 0. The molecule has 0 atom stereocenters. The molecule has 4 heteroatoms. The molecular weight excluding hydrogens is 219 g/mol. The zero-order valence-corrected chi connectivity index (χ0v) is 9.30. The van der Waals surface area contributed by atoms with Crippen molar-refractivity contribution in [1.29, 1.82) is 0 Å². The minimum absolute atomic E-state index is 0.139. The maximum absolute atomic E-state index is 12.8. The topological polar surface area (TPSA) is 34.5 Å². The van der Waals surface area contributed by atoms with Crippen LogP contribution in [0.5, 0.6) is 5.88 Å². The summed E-state index contributed by atoms with van der Waals surface area (Å²) in [5.41, 5.74) is 1.65. The third kappa shape index (κ3) is 3.11. The van der Waals surface area contributed by atoms with Crippen LogP contribution in [0.25, 0.3) is 0 Å². The molecule has 0 spiro atoms. The van der Waals surface area contributed by atoms with E-state index in [4.69, 9.17) is 4.84 Å². The monoisotopic (exact) mass is 230 g/mol. The molecule has 0 aliphatic heterocycles. The lowest BCUT2D eigenvalue weighted by molar-refractivity contribution is 0.321. The molecule has 0 N–H and O–H groups in total. The average molecular weight is 230 g/mol. The Balaban J connectivity index is 2.11. The van der Waals surface area contributed by atoms with Crippen molar-refractivity contribution in [1.82, 2.24) is 4.98 Å². The lowest BCUT2D eigenvalue weighted by atomic mass is 10.1. The van der Waals surface area contributed by atoms with E-state index in [2.05, 4.69) is 10.1 Å². The SMILES string of the molecule is CC(=NOc1cccc(F)n1)c1ccccc1. The van der Waals surface area contributed by atoms with Crippen molar-refractivity contribution in [2.75, 3.05) is 0 Å². The van der Waals surface area contributed by atoms with Crippen LogP contribution in [0.1, 0.15) is 12.5 Å². The van der Waals surface area contributed by atoms with Crippen LogP contribution < -0.4 is 4.84 Å². The third-order valence-corrected chi connectivity index (χ3v) is 2.16. The Labute approximate surface area is 98.6 Å². The first-order chi connectivity index (χ1) is 8.25. The summed E-state index contributed by atoms with van der Waals surface area (Å²) in [6.45, 7) is 1.81. The van der Waals surface area contributed by atoms with Crippen molar-refractivity contribution in [3.63, 3.8) is 0 Å². The number of aromatic nitrogens is 1. The normalized spacial score (nSPS) is 11.3. The number of halogens is 1. The van der Waals surface area contributed by atoms with E-state index in [0.717, 1.165) is 5.56 Å². The molecule has 1 aromatic heterocycles. The Hall–Kier alpha value is -2.23. The lowest BCUT2D eigenvalue weighted by Crippen LogP contribution is -1.98. The molecule has 1 aromatic carbocycles. The van der Waals surface area contributed by atoms with E-state index in [1.165, 1.54) is 12.1 Å². The Kier molecular flexibility index (Phi) is 3.45. The second-order valence-corrected chi connectivity index (χ2v) is 3.43. The van der Waals surface area contributed by atoms with Crippen LogP contribution in [0.3, 0.4) is 0 Å². The fourth-order valence-corrected chi connectivity index (χ4v) is 1.29. The number of hydrogen-bond acceptors (Lipinski definition) is 3. The molecule has 3 nitrogen and oxygen atoms in total. The number of hydrogen-bond donors (Lipinski definition) is 0. The fourth-order valence-electron chi connectivity index (χ4n) is 1.29. The van der Waals surface area contributed by atoms with Crippen LogP contribution in [0.4, 0.5) is 4.39 Å². The minimum Gasteiger partial charge on any atom is -0.336 e. The summed E-state index contributed by atoms with van der Waals surface area (Å²) >= 11 is 0. The molecule has 0 saturated carbocycles. The fraction of sp³-hybridized carbons (Fsp3) is 0.0769. The van der Waals surface area contributed by atoms with E-state index in [-0.39, 0.29) is 5.88 Å². The van der Waals surface area contributed by atoms with Crippen molar-refractivity contribution in [2.45, 2.75) is 6.92 Å². The second kappa shape index (κ2) is 5.21. The number of nitrogens with zero attached hydrogens (tertiary/aromatic N) is 2. The molecule has 0 fully saturated rings. The molecule has 0 radical (unpaired) electrons. The second-order valence-electron chi connectivity index (χ2n) is 3.43. The first-order valence-electron chi connectivity index (χ1n) is 5.15. The highest BCUT2D eigenvalue weighted by atomic mass is 19.1. The zero-order chi connectivity index (χ0) is 12.1. The molecule has 0 saturated heterocycles. The van der Waals surface area contributed by atoms with Gasteiger partial charge < -0.3 is 4.84 Å². The van der Waals surface area contributed by atoms with Crippen molar-refractivity contribution in [3.05, 3.63) is 60.0 Å². The minimum atomic E-state index is -0.588. The molecule has 0 amide bonds. The summed E-state index contributed by atoms with van der Waals surface area (Å²) in [5, 5.41) is 3.89. The molecule has 86 valence electrons. The van der Waals surface area contributed by atoms with E-state index < -0.39 is 5.95 Å². The first-order valence-corrected chi connectivity index (χ1v) is 5.15. The molecule has 0 unspecified atom stereocenters. The van der Waals surface area contributed by atoms with Crippen LogP contribution in [-0.2, 0) is 0 Å². The average Bonchev–Trinajstić information content (AvgIpc) is 2.37. The summed E-state index contributed by atoms with van der Waals surface area (Å²) in [4.78, 5) is 8.58. The Morgan fingerprint density at radius 2 is 1.88 bits per heavy atom. The van der Waals surface area contributed by atoms with Crippen LogP contribution in [0.2, 0.25) is 0 Å². The number of rotatable bonds is 3. The number of benzene rings is 1. The van der Waals surface area contributed by atoms with Crippen LogP contribution in [-0.4, -0.2) is 10.7 Å². The maximum Gasteiger partial charge on any atom is 0.251 e. The predicted molar refractivity (Wildman–Crippen MR) is 63.5 cm³/mol. The van der Waals surface area contributed by atoms with Crippen molar-refractivity contribution in [3.8, 4) is 5.88 Å². The quantitative estimate of drug-likeness (QED) is 0.461. The van der Waals surface area contributed by atoms with Crippen LogP contribution >= 0.6 is 0 Å². The summed E-state index contributed by atoms with van der Waals surface area (Å²) in [7, 11) is 0. The lowest BCUT2D eigenvalue weighted by Gasteiger charge is -2.00. The van der Waals surface area contributed by atoms with Crippen molar-refractivity contribution in [2.24, 2.45) is 5.16 Å². The predicted octanol–water partition coefficient (Wildman–Crippen LogP) is 3.02. The number of oxime groups is 1. The van der Waals surface area contributed by atoms with E-state index in [1.54, 1.807) is 6.07 Å². The van der Waals surface area contributed by atoms with Gasteiger partial charge in [-0.15, -0.1) is 0 Å². The van der Waals surface area contributed by atoms with Crippen molar-refractivity contribution >= 4 is 5.71 Å². The third-order valence-electron chi connectivity index (χ3n) is 2.16. The molecule has 0 aliphatic carbocycles. The van der Waals surface area contributed by atoms with Gasteiger partial charge in [0.1, 0.15) is 0 Å². The van der Waals surface area contributed by atoms with E-state index in [1.807, 2.05) is 37.3 Å². The Morgan fingerprint density at radius 3 is 2.59 bits per heavy atom. The van der Waals surface area contributed by atoms with E-state index >= 15 is 0 Å². The summed E-state index contributed by atoms with van der Waals surface area (Å²) in [5.74, 6) is -0.449. The van der Waals surface area contributed by atoms with Gasteiger partial charge in [-0.1, -0.05) is 41.6 Å². The van der Waals surface area contributed by atoms with Crippen molar-refractivity contribution < 1.29 is 9.23 Å². The molecule has 1 heterocycles. The van der Waals surface area contributed by atoms with Gasteiger partial charge in [-0.2, -0.15) is 9.37 Å². The van der Waals surface area contributed by atoms with Gasteiger partial charge in [0.15, 0.2) is 0 Å². The molecule has 2 aromatic rings. The van der Waals surface area contributed by atoms with Gasteiger partial charge in [0.25, 0.3) is 5.88 Å². The molecule has 0 aliphatic rings. The van der Waals surface area contributed by atoms with Gasteiger partial charge in [0, 0.05) is 6.07 Å². The maximum atomic E-state index is 12.8.